The average molecular weight is 870 g/mol. The highest BCUT2D eigenvalue weighted by molar-refractivity contribution is 7.99. The number of anilines is 3. The first-order valence-electron chi connectivity index (χ1n) is 19.4. The lowest BCUT2D eigenvalue weighted by Crippen LogP contribution is -2.11. The fraction of sp³-hybridized carbons (Fsp3) is 0.188. The van der Waals surface area contributed by atoms with Crippen LogP contribution < -0.4 is 4.90 Å². The summed E-state index contributed by atoms with van der Waals surface area (Å²) in [6.07, 6.45) is 0. The van der Waals surface area contributed by atoms with E-state index >= 15 is 0 Å². The van der Waals surface area contributed by atoms with Gasteiger partial charge in [-0.25, -0.2) is 19.2 Å². The molecule has 63 heavy (non-hydrogen) atoms. The van der Waals surface area contributed by atoms with Crippen LogP contribution in [0.15, 0.2) is 152 Å². The molecule has 14 nitrogen and oxygen atoms in total. The van der Waals surface area contributed by atoms with Crippen LogP contribution in [0, 0.1) is 0 Å². The molecule has 5 aromatic rings. The van der Waals surface area contributed by atoms with Crippen LogP contribution in [-0.4, -0.2) is 52.5 Å². The van der Waals surface area contributed by atoms with Crippen LogP contribution >= 0.6 is 11.8 Å². The van der Waals surface area contributed by atoms with E-state index in [1.54, 1.807) is 58.5 Å². The monoisotopic (exact) mass is 869 g/mol. The van der Waals surface area contributed by atoms with E-state index < -0.39 is 17.9 Å². The minimum Gasteiger partial charge on any atom is -0.319 e. The Bertz CT molecular complexity index is 2450. The normalized spacial score (nSPS) is 11.3. The lowest BCUT2D eigenvalue weighted by Gasteiger charge is -2.26. The summed E-state index contributed by atoms with van der Waals surface area (Å²) in [7, 11) is 0. The number of hydrogen-bond donors (Lipinski definition) is 0. The number of nitrogens with zero attached hydrogens (tertiary/aromatic N) is 5. The first kappa shape index (κ1) is 48.1. The molecule has 15 heteroatoms. The zero-order chi connectivity index (χ0) is 46.1. The van der Waals surface area contributed by atoms with Gasteiger partial charge in [-0.2, -0.15) is 0 Å². The molecule has 0 aliphatic heterocycles. The second-order valence-corrected chi connectivity index (χ2v) is 15.0. The van der Waals surface area contributed by atoms with Crippen LogP contribution in [0.3, 0.4) is 0 Å². The number of carbonyl (C=O) groups is 5. The van der Waals surface area contributed by atoms with Crippen molar-refractivity contribution in [2.75, 3.05) is 4.90 Å². The van der Waals surface area contributed by atoms with Crippen LogP contribution in [0.1, 0.15) is 94.9 Å². The van der Waals surface area contributed by atoms with E-state index in [0.717, 1.165) is 49.3 Å². The summed E-state index contributed by atoms with van der Waals surface area (Å²) < 4.78 is 0. The maximum Gasteiger partial charge on any atom is 0.331 e. The van der Waals surface area contributed by atoms with Crippen molar-refractivity contribution in [1.82, 2.24) is 0 Å². The van der Waals surface area contributed by atoms with Gasteiger partial charge >= 0.3 is 23.9 Å². The topological polar surface area (TPSA) is 175 Å². The molecular weight excluding hydrogens is 823 g/mol. The molecule has 0 heterocycles. The Kier molecular flexibility index (Phi) is 17.9. The molecule has 0 fully saturated rings. The van der Waals surface area contributed by atoms with Crippen molar-refractivity contribution in [3.8, 4) is 0 Å². The summed E-state index contributed by atoms with van der Waals surface area (Å²) in [6.45, 7) is 14.0. The third-order valence-electron chi connectivity index (χ3n) is 8.39. The van der Waals surface area contributed by atoms with Crippen molar-refractivity contribution in [2.45, 2.75) is 72.1 Å². The van der Waals surface area contributed by atoms with Gasteiger partial charge in [0.1, 0.15) is 0 Å². The summed E-state index contributed by atoms with van der Waals surface area (Å²) in [5.41, 5.74) is 8.37. The van der Waals surface area contributed by atoms with Crippen LogP contribution in [0.4, 0.5) is 17.1 Å². The first-order valence-corrected chi connectivity index (χ1v) is 20.2. The predicted octanol–water partition coefficient (Wildman–Crippen LogP) is 10.3. The molecule has 5 aromatic carbocycles. The van der Waals surface area contributed by atoms with E-state index in [2.05, 4.69) is 25.5 Å². The molecule has 0 radical (unpaired) electrons. The van der Waals surface area contributed by atoms with Gasteiger partial charge in [0.05, 0.1) is 22.8 Å². The Morgan fingerprint density at radius 3 is 0.889 bits per heavy atom. The molecule has 0 N–H and O–H groups in total. The van der Waals surface area contributed by atoms with Crippen LogP contribution in [-0.2, 0) is 38.5 Å². The minimum absolute atomic E-state index is 0.111. The first-order chi connectivity index (χ1) is 30.0. The van der Waals surface area contributed by atoms with Crippen molar-refractivity contribution in [1.29, 1.82) is 0 Å². The van der Waals surface area contributed by atoms with Crippen LogP contribution in [0.25, 0.3) is 0 Å². The zero-order valence-corrected chi connectivity index (χ0v) is 37.2. The molecule has 0 aromatic heterocycles. The fourth-order valence-corrected chi connectivity index (χ4v) is 6.18. The molecule has 0 saturated heterocycles. The van der Waals surface area contributed by atoms with Crippen LogP contribution in [0.5, 0.6) is 0 Å². The van der Waals surface area contributed by atoms with E-state index in [0.29, 0.717) is 28.3 Å². The number of rotatable bonds is 14. The lowest BCUT2D eigenvalue weighted by atomic mass is 10.0. The highest BCUT2D eigenvalue weighted by Crippen LogP contribution is 2.35. The third-order valence-corrected chi connectivity index (χ3v) is 9.40. The van der Waals surface area contributed by atoms with Gasteiger partial charge in [-0.1, -0.05) is 68.8 Å². The summed E-state index contributed by atoms with van der Waals surface area (Å²) in [4.78, 5) is 79.7. The van der Waals surface area contributed by atoms with E-state index in [9.17, 15) is 24.0 Å². The van der Waals surface area contributed by atoms with Crippen molar-refractivity contribution in [3.05, 3.63) is 149 Å². The van der Waals surface area contributed by atoms with Crippen LogP contribution in [0.2, 0.25) is 0 Å². The fourth-order valence-electron chi connectivity index (χ4n) is 5.37. The Balaban J connectivity index is 0.000000990. The van der Waals surface area contributed by atoms with E-state index in [4.69, 9.17) is 14.5 Å². The third kappa shape index (κ3) is 15.5. The highest BCUT2D eigenvalue weighted by atomic mass is 32.2. The Hall–Kier alpha value is -7.52. The van der Waals surface area contributed by atoms with Gasteiger partial charge in [0.15, 0.2) is 5.78 Å². The van der Waals surface area contributed by atoms with Gasteiger partial charge in [0.2, 0.25) is 0 Å². The Morgan fingerprint density at radius 1 is 0.365 bits per heavy atom. The molecule has 0 atom stereocenters. The Labute approximate surface area is 370 Å². The van der Waals surface area contributed by atoms with Crippen molar-refractivity contribution >= 4 is 81.3 Å². The van der Waals surface area contributed by atoms with Crippen molar-refractivity contribution in [3.63, 3.8) is 0 Å². The van der Waals surface area contributed by atoms with Gasteiger partial charge in [0, 0.05) is 65.7 Å². The molecule has 0 amide bonds. The summed E-state index contributed by atoms with van der Waals surface area (Å²) in [5, 5.41) is 15.0. The number of hydrogen-bond acceptors (Lipinski definition) is 15. The quantitative estimate of drug-likeness (QED) is 0.0449. The maximum atomic E-state index is 13.6. The molecule has 0 unspecified atom stereocenters. The van der Waals surface area contributed by atoms with Crippen molar-refractivity contribution < 1.29 is 43.3 Å². The van der Waals surface area contributed by atoms with Gasteiger partial charge in [-0.3, -0.25) is 4.79 Å². The van der Waals surface area contributed by atoms with E-state index in [1.165, 1.54) is 27.7 Å². The summed E-state index contributed by atoms with van der Waals surface area (Å²) in [6, 6.07) is 37.8. The molecular formula is C48H47N5O9S. The second-order valence-electron chi connectivity index (χ2n) is 13.9. The zero-order valence-electron chi connectivity index (χ0n) is 36.4. The molecule has 0 bridgehead atoms. The largest absolute Gasteiger partial charge is 0.331 e. The number of ketones is 1. The second kappa shape index (κ2) is 23.5. The SMILES string of the molecule is CC(=O)ON=C(C)C.CC(=O)ON=C(C)c1ccc(Sc2ccc(C(=O)c3ccc(N(c4ccc(C(C)=NOC(C)=O)cc4)c4ccc(/C(C)=N/OC(C)=O)cc4)cc3)cc2)cc1. The molecule has 0 spiro atoms. The van der Waals surface area contributed by atoms with Gasteiger partial charge < -0.3 is 24.3 Å². The predicted molar refractivity (Wildman–Crippen MR) is 244 cm³/mol. The number of oxime groups is 4. The van der Waals surface area contributed by atoms with Crippen molar-refractivity contribution in [2.24, 2.45) is 20.6 Å². The maximum absolute atomic E-state index is 13.6. The Morgan fingerprint density at radius 2 is 0.619 bits per heavy atom. The van der Waals surface area contributed by atoms with Gasteiger partial charge in [0.25, 0.3) is 0 Å². The lowest BCUT2D eigenvalue weighted by molar-refractivity contribution is -0.141. The smallest absolute Gasteiger partial charge is 0.319 e. The summed E-state index contributed by atoms with van der Waals surface area (Å²) >= 11 is 1.56. The van der Waals surface area contributed by atoms with Gasteiger partial charge in [-0.15, -0.1) is 0 Å². The standard InChI is InChI=1S/C43H38N4O7S.C5H9NO2/c1-27(44-52-30(4)48)33-7-17-38(18-8-33)47(39-19-9-34(10-20-39)28(2)45-53-31(5)49)40-21-11-36(12-22-40)43(51)37-15-25-42(26-16-37)55-41-23-13-35(14-24-41)29(3)46-54-32(6)50;1-4(2)6-8-5(3)7/h7-26H,1-6H3;1-3H3/b44-27+,45-28?,46-29?;. The highest BCUT2D eigenvalue weighted by Gasteiger charge is 2.16. The molecule has 324 valence electrons. The van der Waals surface area contributed by atoms with E-state index in [-0.39, 0.29) is 11.8 Å². The summed E-state index contributed by atoms with van der Waals surface area (Å²) in [5.74, 6) is -1.97. The average Bonchev–Trinajstić information content (AvgIpc) is 3.27. The minimum atomic E-state index is -0.503. The number of carbonyl (C=O) groups excluding carboxylic acids is 5. The van der Waals surface area contributed by atoms with Gasteiger partial charge in [-0.05, 0) is 136 Å². The molecule has 0 aliphatic rings. The molecule has 0 aliphatic carbocycles. The number of benzene rings is 5. The molecule has 0 saturated carbocycles. The molecule has 5 rings (SSSR count). The van der Waals surface area contributed by atoms with E-state index in [1.807, 2.05) is 114 Å².